The highest BCUT2D eigenvalue weighted by Crippen LogP contribution is 2.52. The van der Waals surface area contributed by atoms with Gasteiger partial charge in [-0.3, -0.25) is 4.90 Å². The average Bonchev–Trinajstić information content (AvgIpc) is 3.56. The van der Waals surface area contributed by atoms with Gasteiger partial charge in [-0.15, -0.1) is 0 Å². The largest absolute Gasteiger partial charge is 0.475 e. The van der Waals surface area contributed by atoms with Crippen molar-refractivity contribution in [1.29, 1.82) is 0 Å². The first kappa shape index (κ1) is 29.2. The molecular formula is C30H31ClF5N7O2. The third-order valence-corrected chi connectivity index (χ3v) is 10.4. The van der Waals surface area contributed by atoms with Gasteiger partial charge in [0.1, 0.15) is 41.8 Å². The topological polar surface area (TPSA) is 102 Å². The van der Waals surface area contributed by atoms with Gasteiger partial charge < -0.3 is 25.4 Å². The molecule has 0 bridgehead atoms. The van der Waals surface area contributed by atoms with Gasteiger partial charge in [0, 0.05) is 36.8 Å². The van der Waals surface area contributed by atoms with Gasteiger partial charge in [-0.2, -0.15) is 23.1 Å². The molecule has 1 saturated carbocycles. The van der Waals surface area contributed by atoms with Gasteiger partial charge >= 0.3 is 12.2 Å². The molecule has 3 atom stereocenters. The predicted octanol–water partition coefficient (Wildman–Crippen LogP) is 5.13. The molecule has 0 amide bonds. The van der Waals surface area contributed by atoms with E-state index in [-0.39, 0.29) is 47.7 Å². The van der Waals surface area contributed by atoms with Crippen molar-refractivity contribution in [3.63, 3.8) is 0 Å². The van der Waals surface area contributed by atoms with Crippen LogP contribution in [0.25, 0.3) is 22.2 Å². The second kappa shape index (κ2) is 10.1. The van der Waals surface area contributed by atoms with Gasteiger partial charge in [-0.25, -0.2) is 13.8 Å². The summed E-state index contributed by atoms with van der Waals surface area (Å²) in [7, 11) is 0. The molecule has 15 heteroatoms. The maximum absolute atomic E-state index is 16.7. The van der Waals surface area contributed by atoms with Crippen LogP contribution in [-0.4, -0.2) is 82.5 Å². The second-order valence-corrected chi connectivity index (χ2v) is 13.4. The van der Waals surface area contributed by atoms with Crippen LogP contribution in [0.1, 0.15) is 44.1 Å². The number of nitrogens with zero attached hydrogens (tertiary/aromatic N) is 5. The number of rotatable bonds is 6. The number of halogens is 6. The Hall–Kier alpha value is -3.23. The minimum absolute atomic E-state index is 0.0819. The van der Waals surface area contributed by atoms with Gasteiger partial charge in [0.2, 0.25) is 5.88 Å². The average molecular weight is 652 g/mol. The normalized spacial score (nSPS) is 26.9. The maximum Gasteiger partial charge on any atom is 0.418 e. The van der Waals surface area contributed by atoms with E-state index in [0.717, 1.165) is 57.3 Å². The third-order valence-electron chi connectivity index (χ3n) is 10.1. The molecule has 1 spiro atoms. The molecule has 9 nitrogen and oxygen atoms in total. The monoisotopic (exact) mass is 651 g/mol. The van der Waals surface area contributed by atoms with Gasteiger partial charge in [-0.05, 0) is 57.3 Å². The van der Waals surface area contributed by atoms with Gasteiger partial charge in [-0.1, -0.05) is 11.6 Å². The first-order valence-corrected chi connectivity index (χ1v) is 15.6. The number of aromatic nitrogens is 3. The smallest absolute Gasteiger partial charge is 0.418 e. The Bertz CT molecular complexity index is 1700. The van der Waals surface area contributed by atoms with Crippen LogP contribution in [0.15, 0.2) is 12.1 Å². The summed E-state index contributed by atoms with van der Waals surface area (Å²) in [6, 6.07) is 1.98. The maximum atomic E-state index is 16.7. The van der Waals surface area contributed by atoms with Crippen LogP contribution in [-0.2, 0) is 6.18 Å². The first-order valence-electron chi connectivity index (χ1n) is 15.2. The zero-order valence-corrected chi connectivity index (χ0v) is 24.9. The van der Waals surface area contributed by atoms with Crippen LogP contribution < -0.4 is 25.4 Å². The Morgan fingerprint density at radius 1 is 1.18 bits per heavy atom. The van der Waals surface area contributed by atoms with Crippen LogP contribution in [0.5, 0.6) is 11.9 Å². The number of pyridine rings is 1. The number of ether oxygens (including phenoxy) is 2. The zero-order valence-electron chi connectivity index (χ0n) is 24.2. The molecule has 45 heavy (non-hydrogen) atoms. The first-order chi connectivity index (χ1) is 21.5. The Morgan fingerprint density at radius 3 is 2.69 bits per heavy atom. The zero-order chi connectivity index (χ0) is 31.3. The molecule has 4 aliphatic heterocycles. The lowest BCUT2D eigenvalue weighted by Gasteiger charge is -2.38. The van der Waals surface area contributed by atoms with Crippen molar-refractivity contribution in [1.82, 2.24) is 25.2 Å². The standard InChI is InChI=1S/C30H31ClF5N7O2/c31-19-9-16(37)8-18(21(19)30(34,35)36)23-22(33)24-20-25(41-27(40-24)45-14-29-3-1-7-42(29)11-15(32)10-29)43(12-17-2-6-38-17)28(4-5-28)13-44-26(20)39-23/h8-9,15,17,38H,1-7,10-14,37H2/t15-,17?,29+/m1/s1. The van der Waals surface area contributed by atoms with Crippen LogP contribution in [0, 0.1) is 5.82 Å². The fourth-order valence-electron chi connectivity index (χ4n) is 7.46. The number of hydrogen-bond donors (Lipinski definition) is 2. The number of nitrogen functional groups attached to an aromatic ring is 1. The van der Waals surface area contributed by atoms with Crippen LogP contribution in [0.2, 0.25) is 5.02 Å². The van der Waals surface area contributed by atoms with Crippen molar-refractivity contribution in [3.05, 3.63) is 28.5 Å². The Kier molecular flexibility index (Phi) is 6.57. The van der Waals surface area contributed by atoms with Crippen LogP contribution in [0.4, 0.5) is 33.5 Å². The molecule has 5 aliphatic rings. The predicted molar refractivity (Wildman–Crippen MR) is 157 cm³/mol. The number of fused-ring (bicyclic) bond motifs is 1. The van der Waals surface area contributed by atoms with E-state index < -0.39 is 51.1 Å². The molecule has 2 aromatic heterocycles. The molecule has 8 rings (SSSR count). The minimum atomic E-state index is -4.93. The van der Waals surface area contributed by atoms with Crippen molar-refractivity contribution < 1.29 is 31.4 Å². The summed E-state index contributed by atoms with van der Waals surface area (Å²) in [5.41, 5.74) is 1.99. The summed E-state index contributed by atoms with van der Waals surface area (Å²) < 4.78 is 86.3. The highest BCUT2D eigenvalue weighted by molar-refractivity contribution is 6.32. The number of hydrogen-bond acceptors (Lipinski definition) is 9. The summed E-state index contributed by atoms with van der Waals surface area (Å²) in [6.45, 7) is 2.80. The highest BCUT2D eigenvalue weighted by atomic mass is 35.5. The van der Waals surface area contributed by atoms with Crippen molar-refractivity contribution in [2.75, 3.05) is 50.0 Å². The van der Waals surface area contributed by atoms with E-state index in [4.69, 9.17) is 31.8 Å². The molecule has 3 aromatic rings. The number of anilines is 2. The number of benzene rings is 1. The molecule has 1 aromatic carbocycles. The summed E-state index contributed by atoms with van der Waals surface area (Å²) in [5, 5.41) is 2.86. The summed E-state index contributed by atoms with van der Waals surface area (Å²) >= 11 is 6.02. The van der Waals surface area contributed by atoms with Gasteiger partial charge in [0.15, 0.2) is 5.82 Å². The van der Waals surface area contributed by atoms with Gasteiger partial charge in [0.05, 0.1) is 21.7 Å². The lowest BCUT2D eigenvalue weighted by molar-refractivity contribution is -0.137. The lowest BCUT2D eigenvalue weighted by atomic mass is 9.95. The van der Waals surface area contributed by atoms with E-state index in [9.17, 15) is 17.6 Å². The molecular weight excluding hydrogens is 621 g/mol. The van der Waals surface area contributed by atoms with Crippen molar-refractivity contribution in [2.24, 2.45) is 0 Å². The summed E-state index contributed by atoms with van der Waals surface area (Å²) in [5.74, 6) is -0.845. The highest BCUT2D eigenvalue weighted by Gasteiger charge is 2.53. The molecule has 6 heterocycles. The van der Waals surface area contributed by atoms with E-state index >= 15 is 4.39 Å². The molecule has 3 N–H and O–H groups in total. The Labute approximate surface area is 260 Å². The lowest BCUT2D eigenvalue weighted by Crippen LogP contribution is -2.54. The van der Waals surface area contributed by atoms with Crippen molar-refractivity contribution in [3.8, 4) is 23.1 Å². The summed E-state index contributed by atoms with van der Waals surface area (Å²) in [4.78, 5) is 17.7. The Morgan fingerprint density at radius 2 is 1.98 bits per heavy atom. The number of nitrogens with two attached hydrogens (primary N) is 1. The Balaban J connectivity index is 1.31. The summed E-state index contributed by atoms with van der Waals surface area (Å²) in [6.07, 6.45) is -1.44. The van der Waals surface area contributed by atoms with Crippen molar-refractivity contribution >= 4 is 34.0 Å². The second-order valence-electron chi connectivity index (χ2n) is 13.0. The van der Waals surface area contributed by atoms with E-state index in [0.29, 0.717) is 25.3 Å². The number of nitrogens with one attached hydrogen (secondary N) is 1. The SMILES string of the molecule is Nc1cc(Cl)c(C(F)(F)F)c(-c2nc3c4c(nc(OC[C@@]56CCCN5C[C@H](F)C6)nc4c2F)N(CC2CCN2)C2(CC2)CO3)c1. The molecule has 3 saturated heterocycles. The van der Waals surface area contributed by atoms with Gasteiger partial charge in [0.25, 0.3) is 0 Å². The van der Waals surface area contributed by atoms with Crippen LogP contribution in [0.3, 0.4) is 0 Å². The van der Waals surface area contributed by atoms with Crippen LogP contribution >= 0.6 is 11.6 Å². The van der Waals surface area contributed by atoms with E-state index in [1.165, 1.54) is 0 Å². The molecule has 1 aliphatic carbocycles. The molecule has 1 unspecified atom stereocenters. The van der Waals surface area contributed by atoms with E-state index in [2.05, 4.69) is 25.1 Å². The molecule has 240 valence electrons. The van der Waals surface area contributed by atoms with E-state index in [1.807, 2.05) is 0 Å². The third kappa shape index (κ3) is 4.73. The quantitative estimate of drug-likeness (QED) is 0.277. The minimum Gasteiger partial charge on any atom is -0.475 e. The fraction of sp³-hybridized carbons (Fsp3) is 0.567. The number of alkyl halides is 4. The fourth-order valence-corrected chi connectivity index (χ4v) is 7.80. The molecule has 0 radical (unpaired) electrons. The van der Waals surface area contributed by atoms with E-state index in [1.54, 1.807) is 0 Å². The molecule has 4 fully saturated rings. The van der Waals surface area contributed by atoms with Crippen molar-refractivity contribution in [2.45, 2.75) is 68.0 Å².